The summed E-state index contributed by atoms with van der Waals surface area (Å²) in [6, 6.07) is 8.65. The van der Waals surface area contributed by atoms with Crippen LogP contribution in [0.2, 0.25) is 0 Å². The van der Waals surface area contributed by atoms with Crippen molar-refractivity contribution in [2.45, 2.75) is 5.85 Å². The molecule has 11 heteroatoms. The Morgan fingerprint density at radius 2 is 1.64 bits per heavy atom. The summed E-state index contributed by atoms with van der Waals surface area (Å²) < 4.78 is 19.7. The third-order valence-corrected chi connectivity index (χ3v) is 6.29. The molecule has 2 unspecified atom stereocenters. The smallest absolute Gasteiger partial charge is 0.376 e. The number of aliphatic hydroxyl groups excluding tert-OH is 1. The van der Waals surface area contributed by atoms with Crippen molar-refractivity contribution in [3.8, 4) is 5.75 Å². The third kappa shape index (κ3) is 2.71. The van der Waals surface area contributed by atoms with Gasteiger partial charge in [-0.25, -0.2) is 0 Å². The number of nitro groups is 2. The van der Waals surface area contributed by atoms with E-state index < -0.39 is 23.2 Å². The molecule has 0 bridgehead atoms. The highest BCUT2D eigenvalue weighted by Crippen LogP contribution is 2.68. The third-order valence-electron chi connectivity index (χ3n) is 3.86. The normalized spacial score (nSPS) is 19.8. The molecule has 1 N–H and O–H groups in total. The van der Waals surface area contributed by atoms with Gasteiger partial charge in [0.05, 0.1) is 15.5 Å². The lowest BCUT2D eigenvalue weighted by Gasteiger charge is -2.25. The van der Waals surface area contributed by atoms with Gasteiger partial charge in [-0.3, -0.25) is 29.5 Å². The average Bonchev–Trinajstić information content (AvgIpc) is 2.85. The predicted molar refractivity (Wildman–Crippen MR) is 87.8 cm³/mol. The summed E-state index contributed by atoms with van der Waals surface area (Å²) in [5.74, 6) is -1.43. The first kappa shape index (κ1) is 16.9. The van der Waals surface area contributed by atoms with E-state index in [9.17, 15) is 29.9 Å². The van der Waals surface area contributed by atoms with Gasteiger partial charge in [-0.1, -0.05) is 0 Å². The molecule has 0 saturated carbocycles. The quantitative estimate of drug-likeness (QED) is 0.495. The van der Waals surface area contributed by atoms with Gasteiger partial charge in [-0.2, -0.15) is 0 Å². The summed E-state index contributed by atoms with van der Waals surface area (Å²) in [7, 11) is -2.45. The van der Waals surface area contributed by atoms with Crippen LogP contribution in [-0.2, 0) is 4.57 Å². The number of benzene rings is 2. The molecular weight excluding hydrogens is 353 g/mol. The molecule has 0 spiro atoms. The van der Waals surface area contributed by atoms with Crippen LogP contribution < -0.4 is 9.19 Å². The minimum atomic E-state index is -3.85. The Morgan fingerprint density at radius 3 is 2.20 bits per heavy atom. The van der Waals surface area contributed by atoms with E-state index in [1.165, 1.54) is 54.2 Å². The largest absolute Gasteiger partial charge is 0.425 e. The fourth-order valence-corrected chi connectivity index (χ4v) is 4.46. The van der Waals surface area contributed by atoms with Crippen molar-refractivity contribution in [2.75, 3.05) is 11.7 Å². The van der Waals surface area contributed by atoms with Crippen LogP contribution in [0.25, 0.3) is 0 Å². The van der Waals surface area contributed by atoms with Gasteiger partial charge in [0.25, 0.3) is 11.4 Å². The molecule has 0 amide bonds. The Bertz CT molecular complexity index is 915. The van der Waals surface area contributed by atoms with E-state index in [1.807, 2.05) is 0 Å². The van der Waals surface area contributed by atoms with E-state index in [0.29, 0.717) is 0 Å². The van der Waals surface area contributed by atoms with E-state index in [2.05, 4.69) is 0 Å². The number of nitrogens with zero attached hydrogens (tertiary/aromatic N) is 3. The summed E-state index contributed by atoms with van der Waals surface area (Å²) >= 11 is 0. The van der Waals surface area contributed by atoms with E-state index >= 15 is 0 Å². The molecule has 10 nitrogen and oxygen atoms in total. The van der Waals surface area contributed by atoms with Gasteiger partial charge in [0.1, 0.15) is 0 Å². The van der Waals surface area contributed by atoms with Crippen molar-refractivity contribution in [3.63, 3.8) is 0 Å². The number of aliphatic hydroxyl groups is 1. The first-order valence-electron chi connectivity index (χ1n) is 6.98. The number of non-ortho nitro benzene ring substituents is 2. The van der Waals surface area contributed by atoms with Crippen LogP contribution in [0.5, 0.6) is 5.75 Å². The molecule has 0 fully saturated rings. The summed E-state index contributed by atoms with van der Waals surface area (Å²) in [5, 5.41) is 32.1. The van der Waals surface area contributed by atoms with Crippen LogP contribution in [0.4, 0.5) is 17.1 Å². The monoisotopic (exact) mass is 365 g/mol. The van der Waals surface area contributed by atoms with E-state index in [4.69, 9.17) is 4.52 Å². The van der Waals surface area contributed by atoms with Crippen molar-refractivity contribution in [1.29, 1.82) is 0 Å². The SMILES string of the molecule is CN1c2cc([N+](=O)[O-])ccc2OP1(=O)C(O)c1ccc([N+](=O)[O-])cc1. The fraction of sp³-hybridized carbons (Fsp3) is 0.143. The van der Waals surface area contributed by atoms with Gasteiger partial charge in [0, 0.05) is 31.3 Å². The van der Waals surface area contributed by atoms with Gasteiger partial charge in [0.2, 0.25) is 0 Å². The Kier molecular flexibility index (Phi) is 3.94. The lowest BCUT2D eigenvalue weighted by atomic mass is 10.2. The topological polar surface area (TPSA) is 136 Å². The van der Waals surface area contributed by atoms with Crippen LogP contribution >= 0.6 is 7.52 Å². The number of nitro benzene ring substituents is 2. The van der Waals surface area contributed by atoms with Crippen LogP contribution in [-0.4, -0.2) is 22.0 Å². The van der Waals surface area contributed by atoms with Gasteiger partial charge in [0.15, 0.2) is 11.6 Å². The molecule has 1 aliphatic rings. The molecule has 3 rings (SSSR count). The Balaban J connectivity index is 1.95. The highest BCUT2D eigenvalue weighted by atomic mass is 31.2. The van der Waals surface area contributed by atoms with E-state index in [0.717, 1.165) is 0 Å². The number of rotatable bonds is 4. The lowest BCUT2D eigenvalue weighted by molar-refractivity contribution is -0.385. The Hall–Kier alpha value is -2.97. The Labute approximate surface area is 141 Å². The Morgan fingerprint density at radius 1 is 1.08 bits per heavy atom. The van der Waals surface area contributed by atoms with Crippen molar-refractivity contribution >= 4 is 24.6 Å². The minimum absolute atomic E-state index is 0.150. The van der Waals surface area contributed by atoms with Crippen LogP contribution in [0.15, 0.2) is 42.5 Å². The molecule has 130 valence electrons. The zero-order valence-corrected chi connectivity index (χ0v) is 13.7. The summed E-state index contributed by atoms with van der Waals surface area (Å²) in [4.78, 5) is 20.4. The average molecular weight is 365 g/mol. The first-order chi connectivity index (χ1) is 11.7. The summed E-state index contributed by atoms with van der Waals surface area (Å²) in [5.41, 5.74) is 0.0166. The second-order valence-electron chi connectivity index (χ2n) is 5.31. The lowest BCUT2D eigenvalue weighted by Crippen LogP contribution is -2.16. The maximum Gasteiger partial charge on any atom is 0.376 e. The maximum absolute atomic E-state index is 13.2. The summed E-state index contributed by atoms with van der Waals surface area (Å²) in [6.45, 7) is 0. The van der Waals surface area contributed by atoms with Crippen LogP contribution in [0.1, 0.15) is 11.4 Å². The van der Waals surface area contributed by atoms with Crippen molar-refractivity contribution in [1.82, 2.24) is 0 Å². The second kappa shape index (κ2) is 5.83. The molecule has 2 atom stereocenters. The highest BCUT2D eigenvalue weighted by molar-refractivity contribution is 7.61. The van der Waals surface area contributed by atoms with Gasteiger partial charge in [-0.05, 0) is 23.8 Å². The number of anilines is 1. The van der Waals surface area contributed by atoms with Crippen molar-refractivity contribution in [2.24, 2.45) is 0 Å². The van der Waals surface area contributed by atoms with E-state index in [-0.39, 0.29) is 28.4 Å². The van der Waals surface area contributed by atoms with Gasteiger partial charge < -0.3 is 9.63 Å². The zero-order chi connectivity index (χ0) is 18.4. The molecule has 0 aliphatic carbocycles. The molecule has 0 aromatic heterocycles. The van der Waals surface area contributed by atoms with E-state index in [1.54, 1.807) is 0 Å². The molecule has 2 aromatic carbocycles. The predicted octanol–water partition coefficient (Wildman–Crippen LogP) is 3.22. The summed E-state index contributed by atoms with van der Waals surface area (Å²) in [6.07, 6.45) is 0. The standard InChI is InChI=1S/C14H12N3O7P/c1-15-12-8-11(17(21)22)6-7-13(12)24-25(15,23)14(18)9-2-4-10(5-3-9)16(19)20/h2-8,14,18H,1H3. The maximum atomic E-state index is 13.2. The molecule has 1 aliphatic heterocycles. The number of fused-ring (bicyclic) bond motifs is 1. The molecule has 0 radical (unpaired) electrons. The number of hydrogen-bond acceptors (Lipinski definition) is 7. The van der Waals surface area contributed by atoms with Gasteiger partial charge >= 0.3 is 7.52 Å². The fourth-order valence-electron chi connectivity index (χ4n) is 2.47. The van der Waals surface area contributed by atoms with Crippen molar-refractivity contribution in [3.05, 3.63) is 68.3 Å². The zero-order valence-electron chi connectivity index (χ0n) is 12.8. The molecule has 0 saturated heterocycles. The second-order valence-corrected chi connectivity index (χ2v) is 7.71. The molecule has 1 heterocycles. The number of hydrogen-bond donors (Lipinski definition) is 1. The highest BCUT2D eigenvalue weighted by Gasteiger charge is 2.47. The van der Waals surface area contributed by atoms with Crippen LogP contribution in [0, 0.1) is 20.2 Å². The molecular formula is C14H12N3O7P. The molecule has 25 heavy (non-hydrogen) atoms. The van der Waals surface area contributed by atoms with Crippen molar-refractivity contribution < 1.29 is 24.0 Å². The van der Waals surface area contributed by atoms with Crippen LogP contribution in [0.3, 0.4) is 0 Å². The minimum Gasteiger partial charge on any atom is -0.425 e. The first-order valence-corrected chi connectivity index (χ1v) is 8.63. The molecule has 2 aromatic rings. The van der Waals surface area contributed by atoms with Gasteiger partial charge in [-0.15, -0.1) is 0 Å².